The highest BCUT2D eigenvalue weighted by Gasteiger charge is 2.26. The Kier molecular flexibility index (Phi) is 5.52. The highest BCUT2D eigenvalue weighted by atomic mass is 16.5. The molecule has 1 aromatic carbocycles. The lowest BCUT2D eigenvalue weighted by atomic mass is 9.85. The lowest BCUT2D eigenvalue weighted by Crippen LogP contribution is -2.21. The molecule has 4 aromatic rings. The summed E-state index contributed by atoms with van der Waals surface area (Å²) >= 11 is 0. The summed E-state index contributed by atoms with van der Waals surface area (Å²) in [5, 5.41) is 3.53. The minimum Gasteiger partial charge on any atom is -0.372 e. The van der Waals surface area contributed by atoms with Crippen molar-refractivity contribution in [2.75, 3.05) is 25.6 Å². The van der Waals surface area contributed by atoms with E-state index in [4.69, 9.17) is 14.7 Å². The number of aromatic amines is 1. The molecule has 0 aliphatic heterocycles. The molecule has 0 amide bonds. The van der Waals surface area contributed by atoms with Gasteiger partial charge in [-0.2, -0.15) is 0 Å². The molecular formula is C27H28N6O. The monoisotopic (exact) mass is 452 g/mol. The number of imidazole rings is 2. The van der Waals surface area contributed by atoms with E-state index in [2.05, 4.69) is 55.8 Å². The van der Waals surface area contributed by atoms with Crippen LogP contribution in [0.15, 0.2) is 42.9 Å². The molecule has 2 aliphatic rings. The number of hydrogen-bond donors (Lipinski definition) is 2. The van der Waals surface area contributed by atoms with Gasteiger partial charge in [-0.3, -0.25) is 4.40 Å². The second-order valence-corrected chi connectivity index (χ2v) is 9.26. The summed E-state index contributed by atoms with van der Waals surface area (Å²) in [5.74, 6) is 9.37. The van der Waals surface area contributed by atoms with Gasteiger partial charge in [-0.25, -0.2) is 15.0 Å². The maximum Gasteiger partial charge on any atom is 0.180 e. The normalized spacial score (nSPS) is 15.7. The molecule has 0 unspecified atom stereocenters. The van der Waals surface area contributed by atoms with Crippen LogP contribution in [0.1, 0.15) is 49.5 Å². The van der Waals surface area contributed by atoms with Crippen LogP contribution in [-0.4, -0.2) is 44.6 Å². The quantitative estimate of drug-likeness (QED) is 0.391. The van der Waals surface area contributed by atoms with E-state index in [0.717, 1.165) is 52.3 Å². The standard InChI is InChI=1S/C27H28N6O/c1-34-13-3-6-22-17-33-24(16-30-27(33)26(31-22)28-14-18-4-2-5-18)20-9-7-19(8-10-20)23-15-29-25(32-23)21-11-12-21/h7-10,15-18,21H,2,4-5,11-14H2,1H3,(H,28,31)(H,29,32). The Bertz CT molecular complexity index is 1370. The zero-order chi connectivity index (χ0) is 22.9. The summed E-state index contributed by atoms with van der Waals surface area (Å²) in [6, 6.07) is 8.54. The second kappa shape index (κ2) is 8.96. The van der Waals surface area contributed by atoms with Gasteiger partial charge in [-0.15, -0.1) is 0 Å². The van der Waals surface area contributed by atoms with Gasteiger partial charge in [0.1, 0.15) is 18.1 Å². The summed E-state index contributed by atoms with van der Waals surface area (Å²) < 4.78 is 7.17. The van der Waals surface area contributed by atoms with Crippen LogP contribution in [0.2, 0.25) is 0 Å². The first-order chi connectivity index (χ1) is 16.8. The van der Waals surface area contributed by atoms with Gasteiger partial charge < -0.3 is 15.0 Å². The van der Waals surface area contributed by atoms with Crippen LogP contribution in [0.3, 0.4) is 0 Å². The zero-order valence-corrected chi connectivity index (χ0v) is 19.3. The van der Waals surface area contributed by atoms with Crippen molar-refractivity contribution in [3.8, 4) is 34.4 Å². The van der Waals surface area contributed by atoms with Crippen molar-refractivity contribution < 1.29 is 4.74 Å². The van der Waals surface area contributed by atoms with Crippen molar-refractivity contribution in [3.63, 3.8) is 0 Å². The summed E-state index contributed by atoms with van der Waals surface area (Å²) in [7, 11) is 1.64. The average Bonchev–Trinajstić information content (AvgIpc) is 3.40. The first-order valence-corrected chi connectivity index (χ1v) is 12.0. The molecule has 3 heterocycles. The summed E-state index contributed by atoms with van der Waals surface area (Å²) in [6.07, 6.45) is 12.2. The SMILES string of the molecule is COCC#Cc1cn2c(-c3ccc(-c4cnc(C5CC5)[nH]4)cc3)cnc2c(NCC2CCC2)n1. The molecule has 0 radical (unpaired) electrons. The van der Waals surface area contributed by atoms with Gasteiger partial charge in [0.15, 0.2) is 11.5 Å². The van der Waals surface area contributed by atoms with Gasteiger partial charge in [0.05, 0.1) is 23.8 Å². The molecule has 172 valence electrons. The second-order valence-electron chi connectivity index (χ2n) is 9.26. The number of hydrogen-bond acceptors (Lipinski definition) is 5. The number of ether oxygens (including phenoxy) is 1. The van der Waals surface area contributed by atoms with Gasteiger partial charge in [-0.1, -0.05) is 36.6 Å². The van der Waals surface area contributed by atoms with Gasteiger partial charge in [0, 0.05) is 31.3 Å². The Balaban J connectivity index is 1.32. The van der Waals surface area contributed by atoms with E-state index < -0.39 is 0 Å². The molecule has 7 heteroatoms. The molecule has 2 aliphatic carbocycles. The van der Waals surface area contributed by atoms with Crippen LogP contribution in [0.5, 0.6) is 0 Å². The van der Waals surface area contributed by atoms with Crippen LogP contribution in [0.25, 0.3) is 28.2 Å². The number of rotatable bonds is 7. The third kappa shape index (κ3) is 4.17. The highest BCUT2D eigenvalue weighted by molar-refractivity contribution is 5.73. The molecule has 0 bridgehead atoms. The van der Waals surface area contributed by atoms with Crippen molar-refractivity contribution in [3.05, 3.63) is 54.4 Å². The third-order valence-corrected chi connectivity index (χ3v) is 6.76. The van der Waals surface area contributed by atoms with Gasteiger partial charge in [0.25, 0.3) is 0 Å². The maximum atomic E-state index is 5.08. The van der Waals surface area contributed by atoms with Crippen molar-refractivity contribution in [2.45, 2.75) is 38.0 Å². The molecule has 7 nitrogen and oxygen atoms in total. The molecule has 34 heavy (non-hydrogen) atoms. The molecule has 2 fully saturated rings. The number of nitrogens with one attached hydrogen (secondary N) is 2. The number of methoxy groups -OCH3 is 1. The fourth-order valence-corrected chi connectivity index (χ4v) is 4.39. The van der Waals surface area contributed by atoms with Gasteiger partial charge in [0.2, 0.25) is 0 Å². The van der Waals surface area contributed by atoms with E-state index in [1.807, 2.05) is 18.6 Å². The Hall–Kier alpha value is -3.63. The molecule has 2 N–H and O–H groups in total. The molecule has 0 atom stereocenters. The van der Waals surface area contributed by atoms with Crippen LogP contribution < -0.4 is 5.32 Å². The van der Waals surface area contributed by atoms with E-state index in [9.17, 15) is 0 Å². The topological polar surface area (TPSA) is 80.1 Å². The molecule has 6 rings (SSSR count). The van der Waals surface area contributed by atoms with Crippen LogP contribution in [0.4, 0.5) is 5.82 Å². The van der Waals surface area contributed by atoms with E-state index in [-0.39, 0.29) is 0 Å². The van der Waals surface area contributed by atoms with Crippen molar-refractivity contribution >= 4 is 11.5 Å². The van der Waals surface area contributed by atoms with Crippen LogP contribution >= 0.6 is 0 Å². The molecule has 3 aromatic heterocycles. The number of aromatic nitrogens is 5. The minimum absolute atomic E-state index is 0.374. The fourth-order valence-electron chi connectivity index (χ4n) is 4.39. The number of H-pyrrole nitrogens is 1. The van der Waals surface area contributed by atoms with E-state index in [0.29, 0.717) is 18.2 Å². The lowest BCUT2D eigenvalue weighted by Gasteiger charge is -2.25. The van der Waals surface area contributed by atoms with Crippen molar-refractivity contribution in [1.82, 2.24) is 24.3 Å². The largest absolute Gasteiger partial charge is 0.372 e. The van der Waals surface area contributed by atoms with Crippen LogP contribution in [0, 0.1) is 17.8 Å². The first-order valence-electron chi connectivity index (χ1n) is 12.0. The highest BCUT2D eigenvalue weighted by Crippen LogP contribution is 2.39. The average molecular weight is 453 g/mol. The van der Waals surface area contributed by atoms with Gasteiger partial charge in [-0.05, 0) is 43.1 Å². The Labute approximate surface area is 199 Å². The van der Waals surface area contributed by atoms with E-state index in [1.165, 1.54) is 32.1 Å². The van der Waals surface area contributed by atoms with E-state index in [1.54, 1.807) is 7.11 Å². The first kappa shape index (κ1) is 20.9. The number of benzene rings is 1. The Morgan fingerprint density at radius 3 is 2.65 bits per heavy atom. The number of anilines is 1. The number of fused-ring (bicyclic) bond motifs is 1. The third-order valence-electron chi connectivity index (χ3n) is 6.76. The predicted octanol–water partition coefficient (Wildman–Crippen LogP) is 4.87. The Morgan fingerprint density at radius 1 is 1.09 bits per heavy atom. The molecule has 2 saturated carbocycles. The summed E-state index contributed by atoms with van der Waals surface area (Å²) in [5.41, 5.74) is 5.81. The van der Waals surface area contributed by atoms with E-state index >= 15 is 0 Å². The fraction of sp³-hybridized carbons (Fsp3) is 0.370. The Morgan fingerprint density at radius 2 is 1.91 bits per heavy atom. The lowest BCUT2D eigenvalue weighted by molar-refractivity contribution is 0.240. The summed E-state index contributed by atoms with van der Waals surface area (Å²) in [6.45, 7) is 1.29. The minimum atomic E-state index is 0.374. The predicted molar refractivity (Wildman–Crippen MR) is 133 cm³/mol. The maximum absolute atomic E-state index is 5.08. The van der Waals surface area contributed by atoms with Crippen molar-refractivity contribution in [2.24, 2.45) is 5.92 Å². The van der Waals surface area contributed by atoms with Crippen LogP contribution in [-0.2, 0) is 4.74 Å². The van der Waals surface area contributed by atoms with Crippen molar-refractivity contribution in [1.29, 1.82) is 0 Å². The van der Waals surface area contributed by atoms with Gasteiger partial charge >= 0.3 is 0 Å². The molecular weight excluding hydrogens is 424 g/mol. The summed E-state index contributed by atoms with van der Waals surface area (Å²) in [4.78, 5) is 17.5. The molecule has 0 spiro atoms. The zero-order valence-electron chi connectivity index (χ0n) is 19.3. The smallest absolute Gasteiger partial charge is 0.180 e. The molecule has 0 saturated heterocycles. The number of nitrogens with zero attached hydrogens (tertiary/aromatic N) is 4.